The highest BCUT2D eigenvalue weighted by atomic mass is 32.2. The van der Waals surface area contributed by atoms with E-state index in [2.05, 4.69) is 5.32 Å². The van der Waals surface area contributed by atoms with Crippen LogP contribution < -0.4 is 5.32 Å². The third-order valence-corrected chi connectivity index (χ3v) is 3.35. The summed E-state index contributed by atoms with van der Waals surface area (Å²) >= 11 is 0. The second-order valence-electron chi connectivity index (χ2n) is 3.43. The molecule has 0 aliphatic carbocycles. The predicted molar refractivity (Wildman–Crippen MR) is 60.4 cm³/mol. The van der Waals surface area contributed by atoms with Gasteiger partial charge in [0.15, 0.2) is 9.84 Å². The lowest BCUT2D eigenvalue weighted by Gasteiger charge is -2.05. The highest BCUT2D eigenvalue weighted by Gasteiger charge is 2.17. The fourth-order valence-corrected chi connectivity index (χ4v) is 2.14. The van der Waals surface area contributed by atoms with Crippen molar-refractivity contribution in [3.05, 3.63) is 0 Å². The summed E-state index contributed by atoms with van der Waals surface area (Å²) in [4.78, 5) is 21.4. The molecule has 7 nitrogen and oxygen atoms in total. The average Bonchev–Trinajstić information content (AvgIpc) is 2.21. The summed E-state index contributed by atoms with van der Waals surface area (Å²) in [5.41, 5.74) is 0. The van der Waals surface area contributed by atoms with Crippen LogP contribution in [0.1, 0.15) is 12.8 Å². The van der Waals surface area contributed by atoms with Crippen molar-refractivity contribution in [3.8, 4) is 0 Å². The molecule has 0 aliphatic heterocycles. The number of carbonyl (C=O) groups excluding carboxylic acids is 1. The van der Waals surface area contributed by atoms with E-state index in [4.69, 9.17) is 9.84 Å². The van der Waals surface area contributed by atoms with E-state index in [1.807, 2.05) is 0 Å². The molecule has 0 bridgehead atoms. The number of rotatable bonds is 9. The number of ether oxygens (including phenoxy) is 1. The molecule has 0 atom stereocenters. The normalized spacial score (nSPS) is 11.1. The number of sulfone groups is 1. The van der Waals surface area contributed by atoms with Gasteiger partial charge < -0.3 is 15.2 Å². The number of methoxy groups -OCH3 is 1. The van der Waals surface area contributed by atoms with E-state index in [9.17, 15) is 18.0 Å². The zero-order chi connectivity index (χ0) is 13.3. The Morgan fingerprint density at radius 2 is 2.00 bits per heavy atom. The molecule has 100 valence electrons. The van der Waals surface area contributed by atoms with Gasteiger partial charge in [0, 0.05) is 20.3 Å². The van der Waals surface area contributed by atoms with Crippen LogP contribution in [-0.4, -0.2) is 57.2 Å². The lowest BCUT2D eigenvalue weighted by Crippen LogP contribution is -2.32. The van der Waals surface area contributed by atoms with Gasteiger partial charge in [0.25, 0.3) is 0 Å². The fraction of sp³-hybridized carbons (Fsp3) is 0.778. The van der Waals surface area contributed by atoms with Crippen LogP contribution in [0.15, 0.2) is 0 Å². The fourth-order valence-electron chi connectivity index (χ4n) is 1.01. The maximum absolute atomic E-state index is 11.3. The molecule has 0 aromatic rings. The molecule has 0 aromatic heterocycles. The van der Waals surface area contributed by atoms with Gasteiger partial charge in [0.1, 0.15) is 5.75 Å². The minimum Gasteiger partial charge on any atom is -0.481 e. The minimum atomic E-state index is -3.64. The van der Waals surface area contributed by atoms with Crippen molar-refractivity contribution in [1.29, 1.82) is 0 Å². The third-order valence-electron chi connectivity index (χ3n) is 1.83. The highest BCUT2D eigenvalue weighted by Crippen LogP contribution is 1.94. The van der Waals surface area contributed by atoms with Crippen LogP contribution in [0, 0.1) is 0 Å². The Kier molecular flexibility index (Phi) is 7.47. The van der Waals surface area contributed by atoms with Crippen LogP contribution in [0.3, 0.4) is 0 Å². The zero-order valence-corrected chi connectivity index (χ0v) is 10.5. The number of hydrogen-bond donors (Lipinski definition) is 2. The molecule has 8 heteroatoms. The second kappa shape index (κ2) is 8.02. The van der Waals surface area contributed by atoms with Gasteiger partial charge >= 0.3 is 5.97 Å². The number of amides is 1. The Morgan fingerprint density at radius 1 is 1.35 bits per heavy atom. The van der Waals surface area contributed by atoms with Crippen molar-refractivity contribution in [1.82, 2.24) is 5.32 Å². The lowest BCUT2D eigenvalue weighted by atomic mass is 10.4. The molecule has 0 rings (SSSR count). The SMILES string of the molecule is COCCCNC(=O)CS(=O)(=O)CCC(=O)O. The van der Waals surface area contributed by atoms with Crippen LogP contribution in [0.25, 0.3) is 0 Å². The summed E-state index contributed by atoms with van der Waals surface area (Å²) in [6, 6.07) is 0. The van der Waals surface area contributed by atoms with E-state index >= 15 is 0 Å². The van der Waals surface area contributed by atoms with Gasteiger partial charge in [-0.2, -0.15) is 0 Å². The number of aliphatic carboxylic acids is 1. The third kappa shape index (κ3) is 9.76. The summed E-state index contributed by atoms with van der Waals surface area (Å²) in [6.07, 6.45) is 0.108. The molecule has 0 aromatic carbocycles. The van der Waals surface area contributed by atoms with E-state index in [-0.39, 0.29) is 0 Å². The van der Waals surface area contributed by atoms with E-state index < -0.39 is 39.6 Å². The van der Waals surface area contributed by atoms with E-state index in [0.717, 1.165) is 0 Å². The van der Waals surface area contributed by atoms with Gasteiger partial charge in [-0.3, -0.25) is 9.59 Å². The molecular weight excluding hydrogens is 250 g/mol. The summed E-state index contributed by atoms with van der Waals surface area (Å²) in [6.45, 7) is 0.813. The minimum absolute atomic E-state index is 0.334. The molecule has 2 N–H and O–H groups in total. The largest absolute Gasteiger partial charge is 0.481 e. The zero-order valence-electron chi connectivity index (χ0n) is 9.64. The van der Waals surface area contributed by atoms with Gasteiger partial charge in [-0.25, -0.2) is 8.42 Å². The maximum atomic E-state index is 11.3. The van der Waals surface area contributed by atoms with Crippen LogP contribution in [0.5, 0.6) is 0 Å². The van der Waals surface area contributed by atoms with Gasteiger partial charge in [0.2, 0.25) is 5.91 Å². The van der Waals surface area contributed by atoms with Gasteiger partial charge in [-0.15, -0.1) is 0 Å². The average molecular weight is 267 g/mol. The van der Waals surface area contributed by atoms with E-state index in [1.165, 1.54) is 7.11 Å². The summed E-state index contributed by atoms with van der Waals surface area (Å²) in [7, 11) is -2.12. The number of hydrogen-bond acceptors (Lipinski definition) is 5. The Hall–Kier alpha value is -1.15. The molecule has 0 saturated heterocycles. The lowest BCUT2D eigenvalue weighted by molar-refractivity contribution is -0.136. The molecule has 0 spiro atoms. The number of carboxylic acids is 1. The number of nitrogens with one attached hydrogen (secondary N) is 1. The molecular formula is C9H17NO6S. The Morgan fingerprint density at radius 3 is 2.53 bits per heavy atom. The van der Waals surface area contributed by atoms with Crippen molar-refractivity contribution in [2.75, 3.05) is 31.8 Å². The van der Waals surface area contributed by atoms with Crippen molar-refractivity contribution in [3.63, 3.8) is 0 Å². The van der Waals surface area contributed by atoms with Crippen LogP contribution in [-0.2, 0) is 24.2 Å². The summed E-state index contributed by atoms with van der Waals surface area (Å²) in [5.74, 6) is -3.01. The first kappa shape index (κ1) is 15.9. The molecule has 0 heterocycles. The molecule has 0 saturated carbocycles. The van der Waals surface area contributed by atoms with Gasteiger partial charge in [-0.1, -0.05) is 0 Å². The predicted octanol–water partition coefficient (Wildman–Crippen LogP) is -0.971. The van der Waals surface area contributed by atoms with Crippen LogP contribution in [0.2, 0.25) is 0 Å². The first-order valence-electron chi connectivity index (χ1n) is 5.05. The monoisotopic (exact) mass is 267 g/mol. The van der Waals surface area contributed by atoms with Gasteiger partial charge in [-0.05, 0) is 6.42 Å². The Balaban J connectivity index is 3.89. The highest BCUT2D eigenvalue weighted by molar-refractivity contribution is 7.92. The summed E-state index contributed by atoms with van der Waals surface area (Å²) < 4.78 is 27.3. The second-order valence-corrected chi connectivity index (χ2v) is 5.62. The quantitative estimate of drug-likeness (QED) is 0.520. The topological polar surface area (TPSA) is 110 Å². The molecule has 0 unspecified atom stereocenters. The molecule has 0 radical (unpaired) electrons. The molecule has 1 amide bonds. The van der Waals surface area contributed by atoms with Crippen molar-refractivity contribution in [2.24, 2.45) is 0 Å². The smallest absolute Gasteiger partial charge is 0.304 e. The van der Waals surface area contributed by atoms with E-state index in [0.29, 0.717) is 19.6 Å². The summed E-state index contributed by atoms with van der Waals surface area (Å²) in [5, 5.41) is 10.7. The number of carbonyl (C=O) groups is 2. The first-order chi connectivity index (χ1) is 7.87. The van der Waals surface area contributed by atoms with Crippen molar-refractivity contribution in [2.45, 2.75) is 12.8 Å². The molecule has 0 aliphatic rings. The first-order valence-corrected chi connectivity index (χ1v) is 6.87. The molecule has 17 heavy (non-hydrogen) atoms. The van der Waals surface area contributed by atoms with Gasteiger partial charge in [0.05, 0.1) is 12.2 Å². The maximum Gasteiger partial charge on any atom is 0.304 e. The molecule has 0 fully saturated rings. The standard InChI is InChI=1S/C9H17NO6S/c1-16-5-2-4-10-8(11)7-17(14,15)6-3-9(12)13/h2-7H2,1H3,(H,10,11)(H,12,13). The Bertz CT molecular complexity index is 350. The van der Waals surface area contributed by atoms with Crippen molar-refractivity contribution >= 4 is 21.7 Å². The van der Waals surface area contributed by atoms with Crippen LogP contribution >= 0.6 is 0 Å². The van der Waals surface area contributed by atoms with Crippen molar-refractivity contribution < 1.29 is 27.9 Å². The number of carboxylic acid groups (broad SMARTS) is 1. The van der Waals surface area contributed by atoms with E-state index in [1.54, 1.807) is 0 Å². The Labute approximate surface area is 100 Å². The van der Waals surface area contributed by atoms with Crippen LogP contribution in [0.4, 0.5) is 0 Å².